The standard InChI is InChI=1S/C12H15FN2/c1-3-15(9-10(2)8-14)12-6-4-5-11(13)7-12/h4-7,10H,3,9H2,1-2H3. The Balaban J connectivity index is 2.79. The van der Waals surface area contributed by atoms with Crippen LogP contribution in [0.2, 0.25) is 0 Å². The minimum atomic E-state index is -0.240. The summed E-state index contributed by atoms with van der Waals surface area (Å²) in [4.78, 5) is 2.00. The van der Waals surface area contributed by atoms with E-state index in [1.807, 2.05) is 24.8 Å². The van der Waals surface area contributed by atoms with Crippen molar-refractivity contribution in [3.63, 3.8) is 0 Å². The van der Waals surface area contributed by atoms with Gasteiger partial charge in [-0.15, -0.1) is 0 Å². The molecule has 0 aliphatic carbocycles. The molecule has 3 heteroatoms. The molecule has 1 aromatic carbocycles. The maximum Gasteiger partial charge on any atom is 0.125 e. The highest BCUT2D eigenvalue weighted by Crippen LogP contribution is 2.16. The molecule has 1 rings (SSSR count). The number of benzene rings is 1. The van der Waals surface area contributed by atoms with E-state index in [4.69, 9.17) is 5.26 Å². The fourth-order valence-corrected chi connectivity index (χ4v) is 1.46. The van der Waals surface area contributed by atoms with E-state index in [9.17, 15) is 4.39 Å². The van der Waals surface area contributed by atoms with Crippen molar-refractivity contribution >= 4 is 5.69 Å². The molecular weight excluding hydrogens is 191 g/mol. The molecule has 1 unspecified atom stereocenters. The molecule has 0 aliphatic rings. The van der Waals surface area contributed by atoms with Crippen LogP contribution in [0.25, 0.3) is 0 Å². The number of nitrogens with zero attached hydrogens (tertiary/aromatic N) is 2. The van der Waals surface area contributed by atoms with Crippen molar-refractivity contribution < 1.29 is 4.39 Å². The number of rotatable bonds is 4. The second-order valence-corrected chi connectivity index (χ2v) is 3.55. The molecule has 0 bridgehead atoms. The van der Waals surface area contributed by atoms with Gasteiger partial charge in [-0.2, -0.15) is 5.26 Å². The molecule has 0 fully saturated rings. The lowest BCUT2D eigenvalue weighted by molar-refractivity contribution is 0.624. The van der Waals surface area contributed by atoms with Crippen molar-refractivity contribution in [3.8, 4) is 6.07 Å². The van der Waals surface area contributed by atoms with Crippen LogP contribution in [0.4, 0.5) is 10.1 Å². The highest BCUT2D eigenvalue weighted by Gasteiger charge is 2.09. The number of nitriles is 1. The third-order valence-electron chi connectivity index (χ3n) is 2.27. The summed E-state index contributed by atoms with van der Waals surface area (Å²) in [6, 6.07) is 8.64. The van der Waals surface area contributed by atoms with Crippen molar-refractivity contribution in [2.24, 2.45) is 5.92 Å². The Morgan fingerprint density at radius 3 is 2.80 bits per heavy atom. The maximum absolute atomic E-state index is 13.0. The monoisotopic (exact) mass is 206 g/mol. The van der Waals surface area contributed by atoms with Crippen LogP contribution in [0, 0.1) is 23.1 Å². The summed E-state index contributed by atoms with van der Waals surface area (Å²) in [6.07, 6.45) is 0. The Bertz CT molecular complexity index is 357. The molecule has 0 amide bonds. The average molecular weight is 206 g/mol. The van der Waals surface area contributed by atoms with Gasteiger partial charge in [-0.1, -0.05) is 6.07 Å². The SMILES string of the molecule is CCN(CC(C)C#N)c1cccc(F)c1. The van der Waals surface area contributed by atoms with Gasteiger partial charge in [0.05, 0.1) is 12.0 Å². The quantitative estimate of drug-likeness (QED) is 0.757. The van der Waals surface area contributed by atoms with Gasteiger partial charge >= 0.3 is 0 Å². The molecule has 0 spiro atoms. The summed E-state index contributed by atoms with van der Waals surface area (Å²) < 4.78 is 13.0. The smallest absolute Gasteiger partial charge is 0.125 e. The van der Waals surface area contributed by atoms with Gasteiger partial charge in [-0.25, -0.2) is 4.39 Å². The second kappa shape index (κ2) is 5.35. The zero-order valence-corrected chi connectivity index (χ0v) is 9.07. The number of halogens is 1. The summed E-state index contributed by atoms with van der Waals surface area (Å²) in [7, 11) is 0. The van der Waals surface area contributed by atoms with Crippen LogP contribution in [0.5, 0.6) is 0 Å². The molecule has 0 aliphatic heterocycles. The molecule has 1 atom stereocenters. The molecule has 15 heavy (non-hydrogen) atoms. The first kappa shape index (κ1) is 11.5. The topological polar surface area (TPSA) is 27.0 Å². The van der Waals surface area contributed by atoms with Gasteiger partial charge in [0.15, 0.2) is 0 Å². The summed E-state index contributed by atoms with van der Waals surface area (Å²) in [6.45, 7) is 5.27. The van der Waals surface area contributed by atoms with Crippen LogP contribution >= 0.6 is 0 Å². The summed E-state index contributed by atoms with van der Waals surface area (Å²) >= 11 is 0. The van der Waals surface area contributed by atoms with Crippen LogP contribution in [0.15, 0.2) is 24.3 Å². The van der Waals surface area contributed by atoms with Crippen LogP contribution in [0.1, 0.15) is 13.8 Å². The van der Waals surface area contributed by atoms with Crippen LogP contribution < -0.4 is 4.90 Å². The number of hydrogen-bond donors (Lipinski definition) is 0. The third-order valence-corrected chi connectivity index (χ3v) is 2.27. The van der Waals surface area contributed by atoms with E-state index in [0.29, 0.717) is 6.54 Å². The molecule has 0 saturated carbocycles. The van der Waals surface area contributed by atoms with Crippen LogP contribution in [-0.4, -0.2) is 13.1 Å². The Kier molecular flexibility index (Phi) is 4.11. The maximum atomic E-state index is 13.0. The highest BCUT2D eigenvalue weighted by molar-refractivity contribution is 5.46. The minimum absolute atomic E-state index is 0.0479. The predicted molar refractivity (Wildman–Crippen MR) is 59.1 cm³/mol. The van der Waals surface area contributed by atoms with Gasteiger partial charge in [0, 0.05) is 18.8 Å². The first-order valence-corrected chi connectivity index (χ1v) is 5.07. The zero-order valence-electron chi connectivity index (χ0n) is 9.07. The van der Waals surface area contributed by atoms with Crippen molar-refractivity contribution in [2.45, 2.75) is 13.8 Å². The van der Waals surface area contributed by atoms with Gasteiger partial charge in [-0.05, 0) is 32.0 Å². The van der Waals surface area contributed by atoms with E-state index in [2.05, 4.69) is 6.07 Å². The van der Waals surface area contributed by atoms with Crippen molar-refractivity contribution in [2.75, 3.05) is 18.0 Å². The van der Waals surface area contributed by atoms with Gasteiger partial charge < -0.3 is 4.90 Å². The molecule has 2 nitrogen and oxygen atoms in total. The van der Waals surface area contributed by atoms with Gasteiger partial charge in [0.25, 0.3) is 0 Å². The van der Waals surface area contributed by atoms with Crippen LogP contribution in [-0.2, 0) is 0 Å². The van der Waals surface area contributed by atoms with E-state index in [1.165, 1.54) is 12.1 Å². The Hall–Kier alpha value is -1.56. The third kappa shape index (κ3) is 3.25. The first-order valence-electron chi connectivity index (χ1n) is 5.07. The normalized spacial score (nSPS) is 11.9. The minimum Gasteiger partial charge on any atom is -0.370 e. The molecule has 0 radical (unpaired) electrons. The number of anilines is 1. The Morgan fingerprint density at radius 2 is 2.27 bits per heavy atom. The fourth-order valence-electron chi connectivity index (χ4n) is 1.46. The zero-order chi connectivity index (χ0) is 11.3. The molecule has 80 valence electrons. The van der Waals surface area contributed by atoms with Crippen LogP contribution in [0.3, 0.4) is 0 Å². The lowest BCUT2D eigenvalue weighted by Gasteiger charge is -2.24. The average Bonchev–Trinajstić information content (AvgIpc) is 2.25. The molecule has 0 N–H and O–H groups in total. The second-order valence-electron chi connectivity index (χ2n) is 3.55. The molecular formula is C12H15FN2. The van der Waals surface area contributed by atoms with Gasteiger partial charge in [-0.3, -0.25) is 0 Å². The van der Waals surface area contributed by atoms with Gasteiger partial charge in [0.2, 0.25) is 0 Å². The van der Waals surface area contributed by atoms with E-state index < -0.39 is 0 Å². The van der Waals surface area contributed by atoms with Crippen molar-refractivity contribution in [1.29, 1.82) is 5.26 Å². The summed E-state index contributed by atoms with van der Waals surface area (Å²) in [5.74, 6) is -0.288. The van der Waals surface area contributed by atoms with E-state index in [0.717, 1.165) is 12.2 Å². The number of hydrogen-bond acceptors (Lipinski definition) is 2. The Morgan fingerprint density at radius 1 is 1.53 bits per heavy atom. The fraction of sp³-hybridized carbons (Fsp3) is 0.417. The van der Waals surface area contributed by atoms with Crippen molar-refractivity contribution in [1.82, 2.24) is 0 Å². The largest absolute Gasteiger partial charge is 0.370 e. The van der Waals surface area contributed by atoms with Gasteiger partial charge in [0.1, 0.15) is 5.82 Å². The van der Waals surface area contributed by atoms with E-state index in [-0.39, 0.29) is 11.7 Å². The molecule has 0 heterocycles. The van der Waals surface area contributed by atoms with E-state index in [1.54, 1.807) is 6.07 Å². The van der Waals surface area contributed by atoms with E-state index >= 15 is 0 Å². The predicted octanol–water partition coefficient (Wildman–Crippen LogP) is 2.81. The summed E-state index contributed by atoms with van der Waals surface area (Å²) in [5.41, 5.74) is 0.833. The molecule has 0 aromatic heterocycles. The molecule has 0 saturated heterocycles. The first-order chi connectivity index (χ1) is 7.17. The summed E-state index contributed by atoms with van der Waals surface area (Å²) in [5, 5.41) is 8.73. The highest BCUT2D eigenvalue weighted by atomic mass is 19.1. The lowest BCUT2D eigenvalue weighted by atomic mass is 10.2. The lowest BCUT2D eigenvalue weighted by Crippen LogP contribution is -2.27. The molecule has 1 aromatic rings. The Labute approximate surface area is 89.9 Å². The van der Waals surface area contributed by atoms with Crippen molar-refractivity contribution in [3.05, 3.63) is 30.1 Å².